The molecule has 1 heteroatoms. The zero-order valence-electron chi connectivity index (χ0n) is 7.93. The van der Waals surface area contributed by atoms with Gasteiger partial charge in [0.25, 0.3) is 0 Å². The Labute approximate surface area is 72.1 Å². The van der Waals surface area contributed by atoms with Gasteiger partial charge in [0.05, 0.1) is 0 Å². The zero-order chi connectivity index (χ0) is 8.91. The second kappa shape index (κ2) is 4.72. The van der Waals surface area contributed by atoms with Crippen LogP contribution in [0.4, 0.5) is 0 Å². The lowest BCUT2D eigenvalue weighted by atomic mass is 10.3. The Morgan fingerprint density at radius 1 is 1.09 bits per heavy atom. The lowest BCUT2D eigenvalue weighted by Crippen LogP contribution is -2.14. The van der Waals surface area contributed by atoms with Crippen LogP contribution in [0.2, 0.25) is 0 Å². The highest BCUT2D eigenvalue weighted by molar-refractivity contribution is 7.59. The van der Waals surface area contributed by atoms with E-state index in [-0.39, 0.29) is 7.92 Å². The summed E-state index contributed by atoms with van der Waals surface area (Å²) in [5, 5.41) is 0.442. The summed E-state index contributed by atoms with van der Waals surface area (Å²) < 4.78 is 0. The summed E-state index contributed by atoms with van der Waals surface area (Å²) in [5.41, 5.74) is 0. The van der Waals surface area contributed by atoms with E-state index in [0.29, 0.717) is 5.16 Å². The molecule has 0 aromatic carbocycles. The predicted octanol–water partition coefficient (Wildman–Crippen LogP) is 3.64. The third-order valence-corrected chi connectivity index (χ3v) is 4.94. The van der Waals surface area contributed by atoms with E-state index >= 15 is 0 Å². The van der Waals surface area contributed by atoms with Crippen molar-refractivity contribution in [3.63, 3.8) is 0 Å². The molecule has 0 nitrogen and oxygen atoms in total. The van der Waals surface area contributed by atoms with E-state index in [2.05, 4.69) is 33.9 Å². The molecular weight excluding hydrogens is 151 g/mol. The second-order valence-corrected chi connectivity index (χ2v) is 6.80. The summed E-state index contributed by atoms with van der Waals surface area (Å²) in [6, 6.07) is 0. The third kappa shape index (κ3) is 4.37. The van der Waals surface area contributed by atoms with Gasteiger partial charge in [0.15, 0.2) is 0 Å². The lowest BCUT2D eigenvalue weighted by Gasteiger charge is -2.29. The highest BCUT2D eigenvalue weighted by atomic mass is 31.1. The van der Waals surface area contributed by atoms with E-state index < -0.39 is 0 Å². The minimum absolute atomic E-state index is 0.0620. The molecular formula is C10H19P. The van der Waals surface area contributed by atoms with Crippen molar-refractivity contribution in [1.29, 1.82) is 0 Å². The first-order valence-electron chi connectivity index (χ1n) is 3.99. The minimum atomic E-state index is 0.0620. The van der Waals surface area contributed by atoms with Crippen LogP contribution in [0.3, 0.4) is 0 Å². The SMILES string of the molecule is C=CCP(CC=C)C(C)(C)C. The van der Waals surface area contributed by atoms with Crippen molar-refractivity contribution in [2.45, 2.75) is 25.9 Å². The standard InChI is InChI=1S/C10H19P/c1-6-8-11(9-7-2)10(3,4)5/h6-7H,1-2,8-9H2,3-5H3. The molecule has 0 aromatic heterocycles. The van der Waals surface area contributed by atoms with Crippen LogP contribution in [0.15, 0.2) is 25.3 Å². The van der Waals surface area contributed by atoms with Crippen LogP contribution in [0.1, 0.15) is 20.8 Å². The Morgan fingerprint density at radius 2 is 1.45 bits per heavy atom. The maximum atomic E-state index is 3.78. The van der Waals surface area contributed by atoms with E-state index in [0.717, 1.165) is 12.3 Å². The minimum Gasteiger partial charge on any atom is -0.103 e. The average molecular weight is 170 g/mol. The van der Waals surface area contributed by atoms with Crippen LogP contribution in [-0.4, -0.2) is 17.5 Å². The molecule has 0 radical (unpaired) electrons. The monoisotopic (exact) mass is 170 g/mol. The fourth-order valence-corrected chi connectivity index (χ4v) is 2.80. The Bertz CT molecular complexity index is 120. The largest absolute Gasteiger partial charge is 0.103 e. The molecule has 0 aliphatic rings. The molecule has 0 aromatic rings. The molecule has 0 saturated carbocycles. The summed E-state index contributed by atoms with van der Waals surface area (Å²) in [4.78, 5) is 0. The van der Waals surface area contributed by atoms with Crippen molar-refractivity contribution < 1.29 is 0 Å². The molecule has 0 saturated heterocycles. The summed E-state index contributed by atoms with van der Waals surface area (Å²) in [5.74, 6) is 0. The van der Waals surface area contributed by atoms with E-state index in [1.54, 1.807) is 0 Å². The molecule has 0 spiro atoms. The van der Waals surface area contributed by atoms with Crippen molar-refractivity contribution in [3.05, 3.63) is 25.3 Å². The molecule has 0 rings (SSSR count). The van der Waals surface area contributed by atoms with Crippen molar-refractivity contribution in [2.75, 3.05) is 12.3 Å². The number of allylic oxidation sites excluding steroid dienone is 2. The first-order chi connectivity index (χ1) is 5.02. The van der Waals surface area contributed by atoms with Gasteiger partial charge in [-0.25, -0.2) is 0 Å². The zero-order valence-corrected chi connectivity index (χ0v) is 8.82. The third-order valence-electron chi connectivity index (χ3n) is 1.65. The molecule has 0 aliphatic heterocycles. The molecule has 0 unspecified atom stereocenters. The van der Waals surface area contributed by atoms with Crippen LogP contribution in [0.25, 0.3) is 0 Å². The van der Waals surface area contributed by atoms with Gasteiger partial charge in [0.1, 0.15) is 0 Å². The van der Waals surface area contributed by atoms with E-state index in [1.165, 1.54) is 0 Å². The van der Waals surface area contributed by atoms with Crippen molar-refractivity contribution in [3.8, 4) is 0 Å². The van der Waals surface area contributed by atoms with E-state index in [9.17, 15) is 0 Å². The van der Waals surface area contributed by atoms with Gasteiger partial charge in [-0.2, -0.15) is 0 Å². The summed E-state index contributed by atoms with van der Waals surface area (Å²) in [6.45, 7) is 14.4. The van der Waals surface area contributed by atoms with Gasteiger partial charge in [-0.3, -0.25) is 0 Å². The maximum absolute atomic E-state index is 3.78. The van der Waals surface area contributed by atoms with Gasteiger partial charge in [0.2, 0.25) is 0 Å². The molecule has 11 heavy (non-hydrogen) atoms. The smallest absolute Gasteiger partial charge is 0.0140 e. The number of hydrogen-bond acceptors (Lipinski definition) is 0. The molecule has 0 atom stereocenters. The summed E-state index contributed by atoms with van der Waals surface area (Å²) >= 11 is 0. The Kier molecular flexibility index (Phi) is 4.68. The van der Waals surface area contributed by atoms with Gasteiger partial charge < -0.3 is 0 Å². The normalized spacial score (nSPS) is 11.6. The maximum Gasteiger partial charge on any atom is -0.0140 e. The molecule has 0 fully saturated rings. The second-order valence-electron chi connectivity index (χ2n) is 3.65. The van der Waals surface area contributed by atoms with Gasteiger partial charge in [-0.1, -0.05) is 40.8 Å². The topological polar surface area (TPSA) is 0 Å². The Hall–Kier alpha value is -0.0900. The van der Waals surface area contributed by atoms with Crippen molar-refractivity contribution in [2.24, 2.45) is 0 Å². The fourth-order valence-electron chi connectivity index (χ4n) is 0.934. The lowest BCUT2D eigenvalue weighted by molar-refractivity contribution is 0.783. The fraction of sp³-hybridized carbons (Fsp3) is 0.600. The highest BCUT2D eigenvalue weighted by Gasteiger charge is 2.20. The van der Waals surface area contributed by atoms with Crippen molar-refractivity contribution >= 4 is 7.92 Å². The van der Waals surface area contributed by atoms with Crippen LogP contribution < -0.4 is 0 Å². The molecule has 0 bridgehead atoms. The number of hydrogen-bond donors (Lipinski definition) is 0. The summed E-state index contributed by atoms with van der Waals surface area (Å²) in [7, 11) is 0.0620. The Morgan fingerprint density at radius 3 is 1.64 bits per heavy atom. The molecule has 0 amide bonds. The van der Waals surface area contributed by atoms with Crippen molar-refractivity contribution in [1.82, 2.24) is 0 Å². The summed E-state index contributed by atoms with van der Waals surface area (Å²) in [6.07, 6.45) is 6.37. The quantitative estimate of drug-likeness (QED) is 0.446. The molecule has 0 aliphatic carbocycles. The first kappa shape index (κ1) is 10.9. The highest BCUT2D eigenvalue weighted by Crippen LogP contribution is 2.48. The van der Waals surface area contributed by atoms with Crippen LogP contribution in [0, 0.1) is 0 Å². The number of rotatable bonds is 4. The molecule has 0 N–H and O–H groups in total. The van der Waals surface area contributed by atoms with Crippen LogP contribution in [-0.2, 0) is 0 Å². The van der Waals surface area contributed by atoms with Gasteiger partial charge in [-0.05, 0) is 17.5 Å². The first-order valence-corrected chi connectivity index (χ1v) is 5.70. The van der Waals surface area contributed by atoms with Crippen LogP contribution >= 0.6 is 7.92 Å². The van der Waals surface area contributed by atoms with Gasteiger partial charge >= 0.3 is 0 Å². The molecule has 0 heterocycles. The predicted molar refractivity (Wildman–Crippen MR) is 56.8 cm³/mol. The van der Waals surface area contributed by atoms with Gasteiger partial charge in [-0.15, -0.1) is 13.2 Å². The average Bonchev–Trinajstić information content (AvgIpc) is 1.85. The van der Waals surface area contributed by atoms with E-state index in [1.807, 2.05) is 12.2 Å². The Balaban J connectivity index is 4.08. The van der Waals surface area contributed by atoms with Crippen LogP contribution in [0.5, 0.6) is 0 Å². The van der Waals surface area contributed by atoms with E-state index in [4.69, 9.17) is 0 Å². The van der Waals surface area contributed by atoms with Gasteiger partial charge in [0, 0.05) is 0 Å². The molecule has 64 valence electrons.